The van der Waals surface area contributed by atoms with Crippen LogP contribution in [-0.2, 0) is 11.2 Å². The smallest absolute Gasteiger partial charge is 0.271 e. The maximum atomic E-state index is 12.1. The molecule has 1 aromatic rings. The van der Waals surface area contributed by atoms with Gasteiger partial charge in [0.1, 0.15) is 11.7 Å². The van der Waals surface area contributed by atoms with Crippen LogP contribution in [0.15, 0.2) is 5.38 Å². The monoisotopic (exact) mass is 332 g/mol. The first kappa shape index (κ1) is 17.9. The van der Waals surface area contributed by atoms with E-state index >= 15 is 0 Å². The molecular weight excluding hydrogens is 312 g/mol. The molecule has 1 atom stereocenters. The Labute approximate surface area is 134 Å². The van der Waals surface area contributed by atoms with Crippen molar-refractivity contribution in [3.8, 4) is 0 Å². The van der Waals surface area contributed by atoms with Crippen molar-refractivity contribution in [2.75, 3.05) is 13.1 Å². The van der Waals surface area contributed by atoms with Crippen LogP contribution in [0.2, 0.25) is 0 Å². The highest BCUT2D eigenvalue weighted by atomic mass is 35.5. The van der Waals surface area contributed by atoms with Gasteiger partial charge in [-0.1, -0.05) is 0 Å². The summed E-state index contributed by atoms with van der Waals surface area (Å²) in [5.74, 6) is -0.292. The second-order valence-corrected chi connectivity index (χ2v) is 6.05. The van der Waals surface area contributed by atoms with E-state index in [1.165, 1.54) is 11.3 Å². The molecule has 8 heteroatoms. The van der Waals surface area contributed by atoms with Crippen LogP contribution < -0.4 is 11.1 Å². The van der Waals surface area contributed by atoms with Gasteiger partial charge in [0.25, 0.3) is 5.91 Å². The molecule has 0 bridgehead atoms. The molecule has 21 heavy (non-hydrogen) atoms. The van der Waals surface area contributed by atoms with Gasteiger partial charge in [-0.15, -0.1) is 23.7 Å². The number of hydrogen-bond donors (Lipinski definition) is 2. The Balaban J connectivity index is 0.00000220. The van der Waals surface area contributed by atoms with Crippen molar-refractivity contribution >= 4 is 35.6 Å². The van der Waals surface area contributed by atoms with Gasteiger partial charge in [-0.3, -0.25) is 9.59 Å². The molecule has 1 aliphatic rings. The molecule has 0 aliphatic carbocycles. The topological polar surface area (TPSA) is 88.3 Å². The highest BCUT2D eigenvalue weighted by Crippen LogP contribution is 2.16. The fourth-order valence-electron chi connectivity index (χ4n) is 2.23. The fraction of sp³-hybridized carbons (Fsp3) is 0.615. The molecule has 3 N–H and O–H groups in total. The number of carbonyl (C=O) groups excluding carboxylic acids is 2. The molecule has 1 saturated heterocycles. The maximum absolute atomic E-state index is 12.1. The van der Waals surface area contributed by atoms with Crippen molar-refractivity contribution < 1.29 is 9.59 Å². The van der Waals surface area contributed by atoms with Crippen LogP contribution in [0.4, 0.5) is 0 Å². The van der Waals surface area contributed by atoms with E-state index in [0.717, 1.165) is 5.01 Å². The van der Waals surface area contributed by atoms with Gasteiger partial charge >= 0.3 is 0 Å². The second-order valence-electron chi connectivity index (χ2n) is 5.11. The molecule has 1 aromatic heterocycles. The normalized spacial score (nSPS) is 18.0. The molecule has 0 aromatic carbocycles. The molecule has 0 spiro atoms. The molecule has 1 fully saturated rings. The summed E-state index contributed by atoms with van der Waals surface area (Å²) < 4.78 is 0. The minimum Gasteiger partial charge on any atom is -0.339 e. The van der Waals surface area contributed by atoms with Crippen LogP contribution in [0.25, 0.3) is 0 Å². The van der Waals surface area contributed by atoms with Crippen LogP contribution >= 0.6 is 23.7 Å². The van der Waals surface area contributed by atoms with Gasteiger partial charge in [-0.2, -0.15) is 0 Å². The van der Waals surface area contributed by atoms with Crippen molar-refractivity contribution in [1.29, 1.82) is 0 Å². The molecular formula is C13H21ClN4O2S. The average molecular weight is 333 g/mol. The third-order valence-corrected chi connectivity index (χ3v) is 4.22. The first-order valence-electron chi connectivity index (χ1n) is 6.78. The summed E-state index contributed by atoms with van der Waals surface area (Å²) in [6.45, 7) is 5.15. The first-order chi connectivity index (χ1) is 9.52. The highest BCUT2D eigenvalue weighted by molar-refractivity contribution is 7.09. The van der Waals surface area contributed by atoms with Gasteiger partial charge in [0.05, 0.1) is 5.01 Å². The SMILES string of the molecule is CC(C)N1CCC(NC(=O)c2csc(CCN)n2)C1=O.Cl. The van der Waals surface area contributed by atoms with E-state index in [0.29, 0.717) is 31.6 Å². The summed E-state index contributed by atoms with van der Waals surface area (Å²) in [4.78, 5) is 30.2. The van der Waals surface area contributed by atoms with Crippen LogP contribution in [0, 0.1) is 0 Å². The molecule has 2 rings (SSSR count). The third-order valence-electron chi connectivity index (χ3n) is 3.31. The minimum absolute atomic E-state index is 0. The van der Waals surface area contributed by atoms with Crippen LogP contribution in [0.1, 0.15) is 35.8 Å². The predicted molar refractivity (Wildman–Crippen MR) is 84.8 cm³/mol. The van der Waals surface area contributed by atoms with E-state index in [-0.39, 0.29) is 30.3 Å². The number of nitrogens with zero attached hydrogens (tertiary/aromatic N) is 2. The number of rotatable bonds is 5. The number of nitrogens with one attached hydrogen (secondary N) is 1. The largest absolute Gasteiger partial charge is 0.339 e. The summed E-state index contributed by atoms with van der Waals surface area (Å²) in [5.41, 5.74) is 5.83. The van der Waals surface area contributed by atoms with Crippen molar-refractivity contribution in [3.63, 3.8) is 0 Å². The summed E-state index contributed by atoms with van der Waals surface area (Å²) >= 11 is 1.42. The average Bonchev–Trinajstić information content (AvgIpc) is 2.98. The molecule has 1 aliphatic heterocycles. The third kappa shape index (κ3) is 4.15. The zero-order valence-corrected chi connectivity index (χ0v) is 13.8. The molecule has 0 saturated carbocycles. The van der Waals surface area contributed by atoms with Crippen molar-refractivity contribution in [2.24, 2.45) is 5.73 Å². The Bertz CT molecular complexity index is 506. The van der Waals surface area contributed by atoms with Crippen molar-refractivity contribution in [2.45, 2.75) is 38.8 Å². The van der Waals surface area contributed by atoms with Gasteiger partial charge < -0.3 is 16.0 Å². The number of halogens is 1. The second kappa shape index (κ2) is 7.72. The zero-order valence-electron chi connectivity index (χ0n) is 12.2. The standard InChI is InChI=1S/C13H20N4O2S.ClH/c1-8(2)17-6-4-9(13(17)19)16-12(18)10-7-20-11(15-10)3-5-14;/h7-9H,3-6,14H2,1-2H3,(H,16,18);1H. The number of nitrogens with two attached hydrogens (primary N) is 1. The lowest BCUT2D eigenvalue weighted by Gasteiger charge is -2.20. The molecule has 0 radical (unpaired) electrons. The van der Waals surface area contributed by atoms with Crippen LogP contribution in [-0.4, -0.2) is 46.9 Å². The number of amides is 2. The molecule has 2 amide bonds. The van der Waals surface area contributed by atoms with E-state index < -0.39 is 6.04 Å². The Hall–Kier alpha value is -1.18. The van der Waals surface area contributed by atoms with Crippen LogP contribution in [0.3, 0.4) is 0 Å². The van der Waals surface area contributed by atoms with Crippen LogP contribution in [0.5, 0.6) is 0 Å². The van der Waals surface area contributed by atoms with Crippen molar-refractivity contribution in [1.82, 2.24) is 15.2 Å². The number of aromatic nitrogens is 1. The lowest BCUT2D eigenvalue weighted by molar-refractivity contribution is -0.130. The van der Waals surface area contributed by atoms with Gasteiger partial charge in [0.15, 0.2) is 0 Å². The van der Waals surface area contributed by atoms with E-state index in [4.69, 9.17) is 5.73 Å². The first-order valence-corrected chi connectivity index (χ1v) is 7.66. The van der Waals surface area contributed by atoms with Gasteiger partial charge in [-0.05, 0) is 26.8 Å². The molecule has 2 heterocycles. The van der Waals surface area contributed by atoms with E-state index in [9.17, 15) is 9.59 Å². The number of thiazole rings is 1. The number of hydrogen-bond acceptors (Lipinski definition) is 5. The van der Waals surface area contributed by atoms with Crippen molar-refractivity contribution in [3.05, 3.63) is 16.1 Å². The lowest BCUT2D eigenvalue weighted by Crippen LogP contribution is -2.43. The zero-order chi connectivity index (χ0) is 14.7. The van der Waals surface area contributed by atoms with E-state index in [2.05, 4.69) is 10.3 Å². The Morgan fingerprint density at radius 2 is 2.33 bits per heavy atom. The van der Waals surface area contributed by atoms with E-state index in [1.807, 2.05) is 13.8 Å². The summed E-state index contributed by atoms with van der Waals surface area (Å²) in [6, 6.07) is -0.260. The summed E-state index contributed by atoms with van der Waals surface area (Å²) in [5, 5.41) is 5.32. The summed E-state index contributed by atoms with van der Waals surface area (Å²) in [6.07, 6.45) is 1.32. The highest BCUT2D eigenvalue weighted by Gasteiger charge is 2.34. The number of likely N-dealkylation sites (tertiary alicyclic amines) is 1. The maximum Gasteiger partial charge on any atom is 0.271 e. The van der Waals surface area contributed by atoms with E-state index in [1.54, 1.807) is 10.3 Å². The Kier molecular flexibility index (Phi) is 6.57. The molecule has 6 nitrogen and oxygen atoms in total. The summed E-state index contributed by atoms with van der Waals surface area (Å²) in [7, 11) is 0. The Morgan fingerprint density at radius 3 is 2.90 bits per heavy atom. The fourth-order valence-corrected chi connectivity index (χ4v) is 3.03. The Morgan fingerprint density at radius 1 is 1.62 bits per heavy atom. The minimum atomic E-state index is -0.426. The quantitative estimate of drug-likeness (QED) is 0.835. The molecule has 118 valence electrons. The van der Waals surface area contributed by atoms with Gasteiger partial charge in [-0.25, -0.2) is 4.98 Å². The van der Waals surface area contributed by atoms with Gasteiger partial charge in [0.2, 0.25) is 5.91 Å². The van der Waals surface area contributed by atoms with Gasteiger partial charge in [0, 0.05) is 24.4 Å². The lowest BCUT2D eigenvalue weighted by atomic mass is 10.2. The predicted octanol–water partition coefficient (Wildman–Crippen LogP) is 0.805. The molecule has 1 unspecified atom stereocenters. The number of carbonyl (C=O) groups is 2.